The Kier molecular flexibility index (Phi) is 3.68. The number of nitrogens with two attached hydrogens (primary N) is 1. The molecule has 1 rings (SSSR count). The number of aryl methyl sites for hydroxylation is 1. The Morgan fingerprint density at radius 1 is 1.60 bits per heavy atom. The van der Waals surface area contributed by atoms with E-state index in [1.54, 1.807) is 18.2 Å². The van der Waals surface area contributed by atoms with E-state index in [4.69, 9.17) is 5.73 Å². The summed E-state index contributed by atoms with van der Waals surface area (Å²) in [4.78, 5) is 11.0. The van der Waals surface area contributed by atoms with Crippen LogP contribution in [-0.2, 0) is 9.53 Å². The van der Waals surface area contributed by atoms with Crippen molar-refractivity contribution in [1.82, 2.24) is 0 Å². The van der Waals surface area contributed by atoms with Crippen molar-refractivity contribution >= 4 is 5.97 Å². The van der Waals surface area contributed by atoms with Gasteiger partial charge in [0, 0.05) is 11.6 Å². The van der Waals surface area contributed by atoms with E-state index in [-0.39, 0.29) is 18.1 Å². The number of esters is 1. The van der Waals surface area contributed by atoms with Gasteiger partial charge in [0.15, 0.2) is 0 Å². The predicted octanol–water partition coefficient (Wildman–Crippen LogP) is 1.26. The molecule has 4 nitrogen and oxygen atoms in total. The number of hydrogen-bond acceptors (Lipinski definition) is 4. The molecule has 15 heavy (non-hydrogen) atoms. The molecule has 0 amide bonds. The van der Waals surface area contributed by atoms with Crippen LogP contribution in [0.25, 0.3) is 0 Å². The molecule has 3 N–H and O–H groups in total. The molecule has 0 aliphatic carbocycles. The van der Waals surface area contributed by atoms with Crippen molar-refractivity contribution < 1.29 is 14.6 Å². The second-order valence-electron chi connectivity index (χ2n) is 3.45. The summed E-state index contributed by atoms with van der Waals surface area (Å²) in [5, 5.41) is 9.56. The van der Waals surface area contributed by atoms with Gasteiger partial charge in [-0.3, -0.25) is 4.79 Å². The van der Waals surface area contributed by atoms with Crippen LogP contribution in [0.3, 0.4) is 0 Å². The molecular weight excluding hydrogens is 194 g/mol. The lowest BCUT2D eigenvalue weighted by atomic mass is 10.0. The lowest BCUT2D eigenvalue weighted by molar-refractivity contribution is -0.141. The average Bonchev–Trinajstić information content (AvgIpc) is 2.21. The van der Waals surface area contributed by atoms with Crippen LogP contribution in [0.4, 0.5) is 0 Å². The van der Waals surface area contributed by atoms with Gasteiger partial charge in [-0.1, -0.05) is 17.7 Å². The van der Waals surface area contributed by atoms with E-state index in [0.29, 0.717) is 5.56 Å². The molecule has 0 aromatic heterocycles. The summed E-state index contributed by atoms with van der Waals surface area (Å²) in [6.07, 6.45) is 0.0630. The van der Waals surface area contributed by atoms with E-state index in [2.05, 4.69) is 4.74 Å². The third kappa shape index (κ3) is 2.95. The minimum atomic E-state index is -0.530. The number of carbonyl (C=O) groups excluding carboxylic acids is 1. The van der Waals surface area contributed by atoms with Gasteiger partial charge in [0.2, 0.25) is 0 Å². The van der Waals surface area contributed by atoms with Crippen LogP contribution in [0.2, 0.25) is 0 Å². The molecule has 1 atom stereocenters. The second kappa shape index (κ2) is 4.79. The normalized spacial score (nSPS) is 12.2. The van der Waals surface area contributed by atoms with Crippen LogP contribution in [0.5, 0.6) is 5.75 Å². The summed E-state index contributed by atoms with van der Waals surface area (Å²) in [6, 6.07) is 4.59. The SMILES string of the molecule is COC(=O)C[C@H](N)c1cc(C)ccc1O. The summed E-state index contributed by atoms with van der Waals surface area (Å²) in [7, 11) is 1.31. The Morgan fingerprint density at radius 2 is 2.27 bits per heavy atom. The second-order valence-corrected chi connectivity index (χ2v) is 3.45. The largest absolute Gasteiger partial charge is 0.508 e. The van der Waals surface area contributed by atoms with Gasteiger partial charge in [-0.15, -0.1) is 0 Å². The number of hydrogen-bond donors (Lipinski definition) is 2. The van der Waals surface area contributed by atoms with Crippen molar-refractivity contribution in [3.8, 4) is 5.75 Å². The monoisotopic (exact) mass is 209 g/mol. The Hall–Kier alpha value is -1.55. The zero-order valence-corrected chi connectivity index (χ0v) is 8.86. The van der Waals surface area contributed by atoms with Gasteiger partial charge in [-0.2, -0.15) is 0 Å². The first-order valence-electron chi connectivity index (χ1n) is 4.66. The molecule has 0 saturated carbocycles. The summed E-state index contributed by atoms with van der Waals surface area (Å²) in [5.41, 5.74) is 7.34. The van der Waals surface area contributed by atoms with Gasteiger partial charge in [0.05, 0.1) is 13.5 Å². The molecule has 82 valence electrons. The lowest BCUT2D eigenvalue weighted by Gasteiger charge is -2.12. The summed E-state index contributed by atoms with van der Waals surface area (Å²) in [5.74, 6) is -0.277. The first kappa shape index (κ1) is 11.5. The van der Waals surface area contributed by atoms with E-state index in [9.17, 15) is 9.90 Å². The fourth-order valence-corrected chi connectivity index (χ4v) is 1.34. The minimum Gasteiger partial charge on any atom is -0.508 e. The van der Waals surface area contributed by atoms with E-state index in [1.165, 1.54) is 7.11 Å². The number of phenols is 1. The zero-order chi connectivity index (χ0) is 11.4. The molecule has 0 spiro atoms. The molecule has 0 radical (unpaired) electrons. The highest BCUT2D eigenvalue weighted by molar-refractivity contribution is 5.70. The summed E-state index contributed by atoms with van der Waals surface area (Å²) in [6.45, 7) is 1.90. The number of benzene rings is 1. The van der Waals surface area contributed by atoms with Gasteiger partial charge in [-0.25, -0.2) is 0 Å². The first-order valence-corrected chi connectivity index (χ1v) is 4.66. The minimum absolute atomic E-state index is 0.0630. The maximum Gasteiger partial charge on any atom is 0.307 e. The van der Waals surface area contributed by atoms with Crippen LogP contribution < -0.4 is 5.73 Å². The van der Waals surface area contributed by atoms with Gasteiger partial charge in [-0.05, 0) is 13.0 Å². The molecular formula is C11H15NO3. The van der Waals surface area contributed by atoms with Crippen LogP contribution >= 0.6 is 0 Å². The molecule has 4 heteroatoms. The highest BCUT2D eigenvalue weighted by Crippen LogP contribution is 2.25. The smallest absolute Gasteiger partial charge is 0.307 e. The molecule has 0 saturated heterocycles. The summed E-state index contributed by atoms with van der Waals surface area (Å²) < 4.78 is 4.51. The lowest BCUT2D eigenvalue weighted by Crippen LogP contribution is -2.16. The fourth-order valence-electron chi connectivity index (χ4n) is 1.34. The average molecular weight is 209 g/mol. The van der Waals surface area contributed by atoms with E-state index < -0.39 is 6.04 Å². The molecule has 0 fully saturated rings. The number of phenolic OH excluding ortho intramolecular Hbond substituents is 1. The Bertz CT molecular complexity index is 363. The van der Waals surface area contributed by atoms with Crippen LogP contribution in [0.1, 0.15) is 23.6 Å². The van der Waals surface area contributed by atoms with Gasteiger partial charge >= 0.3 is 5.97 Å². The van der Waals surface area contributed by atoms with Gasteiger partial charge < -0.3 is 15.6 Å². The highest BCUT2D eigenvalue weighted by Gasteiger charge is 2.15. The van der Waals surface area contributed by atoms with Crippen molar-refractivity contribution in [3.05, 3.63) is 29.3 Å². The van der Waals surface area contributed by atoms with Gasteiger partial charge in [0.1, 0.15) is 5.75 Å². The predicted molar refractivity (Wildman–Crippen MR) is 56.4 cm³/mol. The molecule has 0 aliphatic rings. The molecule has 0 bridgehead atoms. The molecule has 0 unspecified atom stereocenters. The number of ether oxygens (including phenoxy) is 1. The highest BCUT2D eigenvalue weighted by atomic mass is 16.5. The Balaban J connectivity index is 2.85. The van der Waals surface area contributed by atoms with Crippen LogP contribution in [0, 0.1) is 6.92 Å². The third-order valence-electron chi connectivity index (χ3n) is 2.20. The van der Waals surface area contributed by atoms with E-state index in [1.807, 2.05) is 6.92 Å². The number of methoxy groups -OCH3 is 1. The number of aromatic hydroxyl groups is 1. The van der Waals surface area contributed by atoms with Crippen LogP contribution in [0.15, 0.2) is 18.2 Å². The standard InChI is InChI=1S/C11H15NO3/c1-7-3-4-10(13)8(5-7)9(12)6-11(14)15-2/h3-5,9,13H,6,12H2,1-2H3/t9-/m0/s1. The van der Waals surface area contributed by atoms with E-state index >= 15 is 0 Å². The zero-order valence-electron chi connectivity index (χ0n) is 8.86. The van der Waals surface area contributed by atoms with Crippen molar-refractivity contribution in [2.24, 2.45) is 5.73 Å². The van der Waals surface area contributed by atoms with Crippen molar-refractivity contribution in [2.75, 3.05) is 7.11 Å². The molecule has 1 aromatic carbocycles. The molecule has 0 aliphatic heterocycles. The maximum absolute atomic E-state index is 11.0. The quantitative estimate of drug-likeness (QED) is 0.735. The van der Waals surface area contributed by atoms with Crippen molar-refractivity contribution in [3.63, 3.8) is 0 Å². The molecule has 1 aromatic rings. The first-order chi connectivity index (χ1) is 7.04. The Labute approximate surface area is 88.7 Å². The Morgan fingerprint density at radius 3 is 2.87 bits per heavy atom. The fraction of sp³-hybridized carbons (Fsp3) is 0.364. The topological polar surface area (TPSA) is 72.5 Å². The van der Waals surface area contributed by atoms with Crippen molar-refractivity contribution in [1.29, 1.82) is 0 Å². The maximum atomic E-state index is 11.0. The third-order valence-corrected chi connectivity index (χ3v) is 2.20. The van der Waals surface area contributed by atoms with Crippen molar-refractivity contribution in [2.45, 2.75) is 19.4 Å². The number of rotatable bonds is 3. The number of carbonyl (C=O) groups is 1. The molecule has 0 heterocycles. The summed E-state index contributed by atoms with van der Waals surface area (Å²) >= 11 is 0. The van der Waals surface area contributed by atoms with Crippen LogP contribution in [-0.4, -0.2) is 18.2 Å². The van der Waals surface area contributed by atoms with Gasteiger partial charge in [0.25, 0.3) is 0 Å². The van der Waals surface area contributed by atoms with E-state index in [0.717, 1.165) is 5.56 Å².